The maximum absolute atomic E-state index is 12.6. The molecule has 1 atom stereocenters. The number of amides is 1. The summed E-state index contributed by atoms with van der Waals surface area (Å²) in [4.78, 5) is 15.7. The zero-order chi connectivity index (χ0) is 27.3. The zero-order valence-electron chi connectivity index (χ0n) is 23.0. The van der Waals surface area contributed by atoms with Crippen LogP contribution in [0.2, 0.25) is 0 Å². The van der Waals surface area contributed by atoms with Crippen molar-refractivity contribution >= 4 is 34.8 Å². The van der Waals surface area contributed by atoms with Gasteiger partial charge in [-0.25, -0.2) is 0 Å². The summed E-state index contributed by atoms with van der Waals surface area (Å²) >= 11 is 3.41. The van der Waals surface area contributed by atoms with Crippen molar-refractivity contribution in [1.82, 2.24) is 5.32 Å². The molecular weight excluding hydrogens is 496 g/mol. The predicted octanol–water partition coefficient (Wildman–Crippen LogP) is 7.17. The Balaban J connectivity index is 1.83. The second-order valence-electron chi connectivity index (χ2n) is 11.0. The molecule has 1 aromatic heterocycles. The van der Waals surface area contributed by atoms with Crippen molar-refractivity contribution in [2.24, 2.45) is 22.6 Å². The fraction of sp³-hybridized carbons (Fsp3) is 0.400. The zero-order valence-corrected chi connectivity index (χ0v) is 24.6. The van der Waals surface area contributed by atoms with E-state index < -0.39 is 0 Å². The van der Waals surface area contributed by atoms with Gasteiger partial charge in [0, 0.05) is 15.0 Å². The third-order valence-corrected chi connectivity index (χ3v) is 8.86. The van der Waals surface area contributed by atoms with Crippen LogP contribution >= 0.6 is 23.1 Å². The number of rotatable bonds is 9. The number of hydrogen-bond donors (Lipinski definition) is 3. The highest BCUT2D eigenvalue weighted by molar-refractivity contribution is 7.99. The van der Waals surface area contributed by atoms with Crippen LogP contribution in [0.1, 0.15) is 77.5 Å². The SMILES string of the molecule is Cc1cc(SC(CC(C)C)c2ccc(C(=O)NC/C(N)=N/N)s2)cc(C)c1-c1ccc(C(C)(C)C)cc1. The molecule has 1 heterocycles. The summed E-state index contributed by atoms with van der Waals surface area (Å²) < 4.78 is 0. The van der Waals surface area contributed by atoms with Crippen molar-refractivity contribution in [3.05, 3.63) is 75.0 Å². The Hall–Kier alpha value is -2.77. The summed E-state index contributed by atoms with van der Waals surface area (Å²) in [6, 6.07) is 17.5. The molecule has 5 N–H and O–H groups in total. The summed E-state index contributed by atoms with van der Waals surface area (Å²) in [6.07, 6.45) is 1.02. The summed E-state index contributed by atoms with van der Waals surface area (Å²) in [5.74, 6) is 5.71. The number of nitrogens with zero attached hydrogens (tertiary/aromatic N) is 1. The standard InChI is InChI=1S/C30H40N4OS2/c1-18(2)14-26(24-12-13-25(37-24)29(35)33-17-27(31)34-32)36-23-15-19(3)28(20(4)16-23)21-8-10-22(11-9-21)30(5,6)7/h8-13,15-16,18,26H,14,17,32H2,1-7H3,(H2,31,34)(H,33,35). The number of thioether (sulfide) groups is 1. The minimum atomic E-state index is -0.162. The third kappa shape index (κ3) is 7.62. The number of thiophene rings is 1. The molecule has 2 aromatic carbocycles. The average molecular weight is 537 g/mol. The van der Waals surface area contributed by atoms with Gasteiger partial charge in [0.2, 0.25) is 0 Å². The van der Waals surface area contributed by atoms with E-state index in [9.17, 15) is 4.79 Å². The van der Waals surface area contributed by atoms with Gasteiger partial charge in [-0.15, -0.1) is 23.1 Å². The number of hydrogen-bond acceptors (Lipinski definition) is 5. The molecule has 1 unspecified atom stereocenters. The number of nitrogens with one attached hydrogen (secondary N) is 1. The second-order valence-corrected chi connectivity index (χ2v) is 13.4. The Morgan fingerprint density at radius 2 is 1.68 bits per heavy atom. The van der Waals surface area contributed by atoms with Crippen LogP contribution in [0.4, 0.5) is 0 Å². The molecule has 5 nitrogen and oxygen atoms in total. The molecule has 0 fully saturated rings. The summed E-state index contributed by atoms with van der Waals surface area (Å²) in [5, 5.41) is 6.43. The third-order valence-electron chi connectivity index (χ3n) is 6.27. The first kappa shape index (κ1) is 28.8. The lowest BCUT2D eigenvalue weighted by Gasteiger charge is -2.21. The monoisotopic (exact) mass is 536 g/mol. The van der Waals surface area contributed by atoms with Crippen LogP contribution < -0.4 is 16.9 Å². The molecule has 1 amide bonds. The van der Waals surface area contributed by atoms with Crippen molar-refractivity contribution in [3.63, 3.8) is 0 Å². The van der Waals surface area contributed by atoms with Crippen LogP contribution in [0, 0.1) is 19.8 Å². The van der Waals surface area contributed by atoms with Crippen LogP contribution in [0.5, 0.6) is 0 Å². The largest absolute Gasteiger partial charge is 0.384 e. The van der Waals surface area contributed by atoms with Crippen molar-refractivity contribution in [2.45, 2.75) is 70.4 Å². The number of amidine groups is 1. The van der Waals surface area contributed by atoms with Crippen LogP contribution in [-0.4, -0.2) is 18.3 Å². The van der Waals surface area contributed by atoms with Gasteiger partial charge in [-0.2, -0.15) is 5.10 Å². The van der Waals surface area contributed by atoms with E-state index in [1.807, 2.05) is 17.8 Å². The maximum atomic E-state index is 12.6. The first-order valence-corrected chi connectivity index (χ1v) is 14.4. The van der Waals surface area contributed by atoms with Gasteiger partial charge in [-0.3, -0.25) is 4.79 Å². The fourth-order valence-corrected chi connectivity index (χ4v) is 7.05. The van der Waals surface area contributed by atoms with Crippen molar-refractivity contribution in [3.8, 4) is 11.1 Å². The predicted molar refractivity (Wildman–Crippen MR) is 161 cm³/mol. The number of carbonyl (C=O) groups excluding carboxylic acids is 1. The number of benzene rings is 2. The highest BCUT2D eigenvalue weighted by atomic mass is 32.2. The van der Waals surface area contributed by atoms with E-state index >= 15 is 0 Å². The topological polar surface area (TPSA) is 93.5 Å². The van der Waals surface area contributed by atoms with E-state index in [4.69, 9.17) is 11.6 Å². The number of hydrazone groups is 1. The molecule has 7 heteroatoms. The van der Waals surface area contributed by atoms with Gasteiger partial charge in [0.1, 0.15) is 5.84 Å². The van der Waals surface area contributed by atoms with E-state index in [2.05, 4.69) is 101 Å². The summed E-state index contributed by atoms with van der Waals surface area (Å²) in [6.45, 7) is 15.7. The average Bonchev–Trinajstić information content (AvgIpc) is 3.31. The minimum Gasteiger partial charge on any atom is -0.384 e. The van der Waals surface area contributed by atoms with E-state index in [1.165, 1.54) is 48.9 Å². The van der Waals surface area contributed by atoms with Crippen LogP contribution in [-0.2, 0) is 5.41 Å². The Morgan fingerprint density at radius 1 is 1.05 bits per heavy atom. The van der Waals surface area contributed by atoms with E-state index in [-0.39, 0.29) is 29.0 Å². The smallest absolute Gasteiger partial charge is 0.261 e. The lowest BCUT2D eigenvalue weighted by atomic mass is 9.85. The van der Waals surface area contributed by atoms with Gasteiger partial charge in [-0.1, -0.05) is 58.9 Å². The number of aryl methyl sites for hydroxylation is 2. The van der Waals surface area contributed by atoms with Gasteiger partial charge in [0.25, 0.3) is 5.91 Å². The van der Waals surface area contributed by atoms with Gasteiger partial charge in [0.15, 0.2) is 0 Å². The lowest BCUT2D eigenvalue weighted by molar-refractivity contribution is 0.0963. The van der Waals surface area contributed by atoms with Crippen LogP contribution in [0.25, 0.3) is 11.1 Å². The molecule has 0 saturated carbocycles. The molecular formula is C30H40N4OS2. The summed E-state index contributed by atoms with van der Waals surface area (Å²) in [7, 11) is 0. The Bertz CT molecular complexity index is 1230. The Kier molecular flexibility index (Phi) is 9.48. The minimum absolute atomic E-state index is 0.135. The molecule has 0 saturated heterocycles. The first-order valence-electron chi connectivity index (χ1n) is 12.7. The molecule has 0 radical (unpaired) electrons. The Labute approximate surface area is 230 Å². The highest BCUT2D eigenvalue weighted by Crippen LogP contribution is 2.44. The molecule has 0 aliphatic rings. The lowest BCUT2D eigenvalue weighted by Crippen LogP contribution is -2.33. The number of nitrogens with two attached hydrogens (primary N) is 2. The van der Waals surface area contributed by atoms with E-state index in [0.29, 0.717) is 10.8 Å². The Morgan fingerprint density at radius 3 is 2.22 bits per heavy atom. The highest BCUT2D eigenvalue weighted by Gasteiger charge is 2.21. The van der Waals surface area contributed by atoms with Gasteiger partial charge in [0.05, 0.1) is 11.4 Å². The van der Waals surface area contributed by atoms with Crippen LogP contribution in [0.3, 0.4) is 0 Å². The fourth-order valence-electron chi connectivity index (χ4n) is 4.35. The quantitative estimate of drug-likeness (QED) is 0.0888. The van der Waals surface area contributed by atoms with E-state index in [1.54, 1.807) is 0 Å². The van der Waals surface area contributed by atoms with Crippen molar-refractivity contribution < 1.29 is 4.79 Å². The molecule has 198 valence electrons. The molecule has 3 rings (SSSR count). The molecule has 0 spiro atoms. The van der Waals surface area contributed by atoms with Crippen LogP contribution in [0.15, 0.2) is 58.5 Å². The van der Waals surface area contributed by atoms with Gasteiger partial charge < -0.3 is 16.9 Å². The number of carbonyl (C=O) groups is 1. The first-order chi connectivity index (χ1) is 17.4. The van der Waals surface area contributed by atoms with Gasteiger partial charge in [-0.05, 0) is 83.7 Å². The van der Waals surface area contributed by atoms with Gasteiger partial charge >= 0.3 is 0 Å². The maximum Gasteiger partial charge on any atom is 0.261 e. The summed E-state index contributed by atoms with van der Waals surface area (Å²) in [5.41, 5.74) is 12.2. The molecule has 37 heavy (non-hydrogen) atoms. The molecule has 0 aliphatic carbocycles. The second kappa shape index (κ2) is 12.2. The normalized spacial score (nSPS) is 13.1. The van der Waals surface area contributed by atoms with E-state index in [0.717, 1.165) is 6.42 Å². The molecule has 0 aliphatic heterocycles. The molecule has 0 bridgehead atoms. The molecule has 3 aromatic rings. The van der Waals surface area contributed by atoms with Crippen molar-refractivity contribution in [2.75, 3.05) is 6.54 Å². The van der Waals surface area contributed by atoms with Crippen molar-refractivity contribution in [1.29, 1.82) is 0 Å².